The number of hydrogen-bond donors (Lipinski definition) is 2. The summed E-state index contributed by atoms with van der Waals surface area (Å²) in [5.41, 5.74) is 8.76. The number of piperazine rings is 1. The van der Waals surface area contributed by atoms with Gasteiger partial charge in [-0.15, -0.1) is 0 Å². The minimum atomic E-state index is -0.241. The molecule has 3 N–H and O–H groups in total. The van der Waals surface area contributed by atoms with E-state index in [1.807, 2.05) is 6.07 Å². The Kier molecular flexibility index (Phi) is 5.91. The monoisotopic (exact) mass is 392 g/mol. The Balaban J connectivity index is 1.79. The van der Waals surface area contributed by atoms with E-state index in [-0.39, 0.29) is 5.91 Å². The van der Waals surface area contributed by atoms with E-state index in [1.54, 1.807) is 30.3 Å². The van der Waals surface area contributed by atoms with Gasteiger partial charge >= 0.3 is 0 Å². The average Bonchev–Trinajstić information content (AvgIpc) is 2.64. The second-order valence-corrected chi connectivity index (χ2v) is 7.12. The lowest BCUT2D eigenvalue weighted by molar-refractivity contribution is 0.102. The number of nitrogens with zero attached hydrogens (tertiary/aromatic N) is 2. The number of benzene rings is 2. The third kappa shape index (κ3) is 4.23. The number of nitrogen functional groups attached to an aromatic ring is 1. The Labute approximate surface area is 163 Å². The lowest BCUT2D eigenvalue weighted by Gasteiger charge is -2.36. The fraction of sp³-hybridized carbons (Fsp3) is 0.316. The quantitative estimate of drug-likeness (QED) is 0.772. The van der Waals surface area contributed by atoms with Gasteiger partial charge < -0.3 is 20.9 Å². The van der Waals surface area contributed by atoms with E-state index in [0.717, 1.165) is 38.4 Å². The van der Waals surface area contributed by atoms with E-state index in [4.69, 9.17) is 28.9 Å². The van der Waals surface area contributed by atoms with Crippen molar-refractivity contribution in [1.29, 1.82) is 0 Å². The van der Waals surface area contributed by atoms with Crippen molar-refractivity contribution >= 4 is 46.2 Å². The molecule has 138 valence electrons. The van der Waals surface area contributed by atoms with Crippen molar-refractivity contribution in [2.75, 3.05) is 48.7 Å². The van der Waals surface area contributed by atoms with Crippen molar-refractivity contribution in [3.63, 3.8) is 0 Å². The second-order valence-electron chi connectivity index (χ2n) is 6.27. The van der Waals surface area contributed by atoms with Crippen molar-refractivity contribution in [3.8, 4) is 0 Å². The molecule has 0 spiro atoms. The average molecular weight is 393 g/mol. The standard InChI is InChI=1S/C19H22Cl2N4O/c1-2-24-7-9-25(10-8-24)18-12-17(15(21)11-16(18)22)23-19(26)13-3-5-14(20)6-4-13/h3-6,11-12H,2,7-10,22H2,1H3,(H,23,26). The lowest BCUT2D eigenvalue weighted by atomic mass is 10.1. The molecule has 1 heterocycles. The first-order valence-electron chi connectivity index (χ1n) is 8.61. The van der Waals surface area contributed by atoms with Gasteiger partial charge in [-0.25, -0.2) is 0 Å². The van der Waals surface area contributed by atoms with Crippen LogP contribution in [0.5, 0.6) is 0 Å². The highest BCUT2D eigenvalue weighted by atomic mass is 35.5. The maximum absolute atomic E-state index is 12.5. The molecule has 0 bridgehead atoms. The maximum atomic E-state index is 12.5. The van der Waals surface area contributed by atoms with Crippen LogP contribution in [0.2, 0.25) is 10.0 Å². The zero-order valence-corrected chi connectivity index (χ0v) is 16.1. The lowest BCUT2D eigenvalue weighted by Crippen LogP contribution is -2.46. The van der Waals surface area contributed by atoms with E-state index >= 15 is 0 Å². The van der Waals surface area contributed by atoms with Gasteiger partial charge in [0.25, 0.3) is 5.91 Å². The molecule has 2 aromatic rings. The van der Waals surface area contributed by atoms with Crippen LogP contribution in [0.15, 0.2) is 36.4 Å². The number of hydrogen-bond acceptors (Lipinski definition) is 4. The highest BCUT2D eigenvalue weighted by molar-refractivity contribution is 6.34. The van der Waals surface area contributed by atoms with Gasteiger partial charge in [0.15, 0.2) is 0 Å². The Morgan fingerprint density at radius 2 is 1.77 bits per heavy atom. The van der Waals surface area contributed by atoms with E-state index in [9.17, 15) is 4.79 Å². The Hall–Kier alpha value is -1.95. The van der Waals surface area contributed by atoms with E-state index in [2.05, 4.69) is 22.0 Å². The van der Waals surface area contributed by atoms with Gasteiger partial charge in [0.2, 0.25) is 0 Å². The van der Waals surface area contributed by atoms with Gasteiger partial charge in [-0.05, 0) is 42.9 Å². The molecule has 1 aliphatic rings. The fourth-order valence-corrected chi connectivity index (χ4v) is 3.39. The Bertz CT molecular complexity index is 787. The molecular formula is C19H22Cl2N4O. The normalized spacial score (nSPS) is 15.1. The molecule has 0 atom stereocenters. The predicted octanol–water partition coefficient (Wildman–Crippen LogP) is 3.97. The zero-order chi connectivity index (χ0) is 18.7. The predicted molar refractivity (Wildman–Crippen MR) is 110 cm³/mol. The summed E-state index contributed by atoms with van der Waals surface area (Å²) in [6, 6.07) is 10.3. The number of amides is 1. The summed E-state index contributed by atoms with van der Waals surface area (Å²) in [5, 5.41) is 3.87. The maximum Gasteiger partial charge on any atom is 0.255 e. The van der Waals surface area contributed by atoms with Crippen molar-refractivity contribution in [2.45, 2.75) is 6.92 Å². The molecule has 2 aromatic carbocycles. The van der Waals surface area contributed by atoms with E-state index in [1.165, 1.54) is 0 Å². The highest BCUT2D eigenvalue weighted by Gasteiger charge is 2.19. The van der Waals surface area contributed by atoms with Crippen LogP contribution >= 0.6 is 23.2 Å². The number of rotatable bonds is 4. The topological polar surface area (TPSA) is 61.6 Å². The summed E-state index contributed by atoms with van der Waals surface area (Å²) < 4.78 is 0. The molecular weight excluding hydrogens is 371 g/mol. The fourth-order valence-electron chi connectivity index (χ4n) is 3.05. The number of nitrogens with two attached hydrogens (primary N) is 1. The third-order valence-electron chi connectivity index (χ3n) is 4.63. The molecule has 1 fully saturated rings. The molecule has 1 aliphatic heterocycles. The number of halogens is 2. The Morgan fingerprint density at radius 1 is 1.12 bits per heavy atom. The number of likely N-dealkylation sites (N-methyl/N-ethyl adjacent to an activating group) is 1. The molecule has 0 aromatic heterocycles. The SMILES string of the molecule is CCN1CCN(c2cc(NC(=O)c3ccc(Cl)cc3)c(Cl)cc2N)CC1. The largest absolute Gasteiger partial charge is 0.397 e. The molecule has 0 radical (unpaired) electrons. The smallest absolute Gasteiger partial charge is 0.255 e. The Morgan fingerprint density at radius 3 is 2.38 bits per heavy atom. The van der Waals surface area contributed by atoms with Crippen LogP contribution in [0.4, 0.5) is 17.1 Å². The second kappa shape index (κ2) is 8.16. The molecule has 7 heteroatoms. The number of carbonyl (C=O) groups is 1. The molecule has 0 unspecified atom stereocenters. The first-order chi connectivity index (χ1) is 12.5. The van der Waals surface area contributed by atoms with Gasteiger partial charge in [0.05, 0.1) is 22.1 Å². The molecule has 1 amide bonds. The number of carbonyl (C=O) groups excluding carboxylic acids is 1. The van der Waals surface area contributed by atoms with Gasteiger partial charge in [0, 0.05) is 36.8 Å². The molecule has 26 heavy (non-hydrogen) atoms. The number of nitrogens with one attached hydrogen (secondary N) is 1. The van der Waals surface area contributed by atoms with Gasteiger partial charge in [-0.2, -0.15) is 0 Å². The first kappa shape index (κ1) is 18.8. The number of anilines is 3. The summed E-state index contributed by atoms with van der Waals surface area (Å²) in [4.78, 5) is 17.1. The first-order valence-corrected chi connectivity index (χ1v) is 9.36. The van der Waals surface area contributed by atoms with Crippen LogP contribution in [0.1, 0.15) is 17.3 Å². The summed E-state index contributed by atoms with van der Waals surface area (Å²) >= 11 is 12.2. The minimum Gasteiger partial charge on any atom is -0.397 e. The van der Waals surface area contributed by atoms with Crippen LogP contribution in [-0.2, 0) is 0 Å². The van der Waals surface area contributed by atoms with Gasteiger partial charge in [0.1, 0.15) is 0 Å². The zero-order valence-electron chi connectivity index (χ0n) is 14.6. The van der Waals surface area contributed by atoms with Crippen LogP contribution in [0, 0.1) is 0 Å². The van der Waals surface area contributed by atoms with Crippen LogP contribution in [-0.4, -0.2) is 43.5 Å². The molecule has 0 saturated carbocycles. The highest BCUT2D eigenvalue weighted by Crippen LogP contribution is 2.34. The summed E-state index contributed by atoms with van der Waals surface area (Å²) in [5.74, 6) is -0.241. The van der Waals surface area contributed by atoms with E-state index in [0.29, 0.717) is 27.0 Å². The minimum absolute atomic E-state index is 0.241. The molecule has 3 rings (SSSR count). The van der Waals surface area contributed by atoms with Crippen LogP contribution in [0.3, 0.4) is 0 Å². The van der Waals surface area contributed by atoms with Gasteiger partial charge in [-0.3, -0.25) is 4.79 Å². The van der Waals surface area contributed by atoms with Crippen molar-refractivity contribution in [1.82, 2.24) is 4.90 Å². The van der Waals surface area contributed by atoms with Crippen molar-refractivity contribution in [3.05, 3.63) is 52.0 Å². The summed E-state index contributed by atoms with van der Waals surface area (Å²) in [7, 11) is 0. The summed E-state index contributed by atoms with van der Waals surface area (Å²) in [6.45, 7) is 6.98. The van der Waals surface area contributed by atoms with Crippen LogP contribution < -0.4 is 16.0 Å². The third-order valence-corrected chi connectivity index (χ3v) is 5.20. The van der Waals surface area contributed by atoms with E-state index < -0.39 is 0 Å². The molecule has 0 aliphatic carbocycles. The van der Waals surface area contributed by atoms with Crippen LogP contribution in [0.25, 0.3) is 0 Å². The van der Waals surface area contributed by atoms with Crippen molar-refractivity contribution in [2.24, 2.45) is 0 Å². The molecule has 1 saturated heterocycles. The summed E-state index contributed by atoms with van der Waals surface area (Å²) in [6.07, 6.45) is 0. The molecule has 5 nitrogen and oxygen atoms in total. The van der Waals surface area contributed by atoms with Crippen molar-refractivity contribution < 1.29 is 4.79 Å². The van der Waals surface area contributed by atoms with Gasteiger partial charge in [-0.1, -0.05) is 30.1 Å².